The predicted octanol–water partition coefficient (Wildman–Crippen LogP) is 6.93. The van der Waals surface area contributed by atoms with Gasteiger partial charge in [0.15, 0.2) is 18.7 Å². The molecule has 0 saturated carbocycles. The van der Waals surface area contributed by atoms with E-state index < -0.39 is 99.3 Å². The maximum Gasteiger partial charge on any atom is 0.306 e. The van der Waals surface area contributed by atoms with Crippen molar-refractivity contribution in [3.05, 3.63) is 122 Å². The van der Waals surface area contributed by atoms with Gasteiger partial charge in [-0.2, -0.15) is 0 Å². The van der Waals surface area contributed by atoms with Gasteiger partial charge in [0.05, 0.1) is 19.8 Å². The minimum atomic E-state index is -1.79. The van der Waals surface area contributed by atoms with Crippen molar-refractivity contribution in [2.75, 3.05) is 26.4 Å². The standard InChI is InChI=1S/C55H84O15/c1-3-5-7-9-11-13-15-17-19-20-21-22-24-25-27-29-31-33-35-37-46(57)65-40-43(68-47(58)38-36-34-32-30-28-26-23-18-16-14-12-10-8-6-4-2)41-66-54-53(64)51(62)49(60)45(70-54)42-67-55-52(63)50(61)48(59)44(39-56)69-55/h5-8,11-14,17-19,21-23,25,27-28,30-31,33,43-45,48-56,59-64H,3-4,9-10,15-16,20,24,26,29,32,34-42H2,1-2H3/b7-5+,8-6+,13-11+,14-12+,19-17+,22-21+,23-18+,27-25+,30-28+,33-31+/t43-,44+,45+,48-,49-,50?,51?,52?,53?,54+,55+/m0/s1. The molecule has 2 rings (SSSR count). The first-order valence-corrected chi connectivity index (χ1v) is 25.1. The summed E-state index contributed by atoms with van der Waals surface area (Å²) in [6, 6.07) is 0. The van der Waals surface area contributed by atoms with Gasteiger partial charge in [-0.25, -0.2) is 0 Å². The zero-order valence-electron chi connectivity index (χ0n) is 41.4. The zero-order chi connectivity index (χ0) is 51.0. The van der Waals surface area contributed by atoms with E-state index in [-0.39, 0.29) is 19.4 Å². The second kappa shape index (κ2) is 40.5. The van der Waals surface area contributed by atoms with Crippen LogP contribution in [0.3, 0.4) is 0 Å². The molecule has 2 aliphatic heterocycles. The van der Waals surface area contributed by atoms with Gasteiger partial charge in [0.1, 0.15) is 55.4 Å². The Hall–Kier alpha value is -4.10. The second-order valence-corrected chi connectivity index (χ2v) is 16.9. The van der Waals surface area contributed by atoms with Crippen LogP contribution in [0.4, 0.5) is 0 Å². The van der Waals surface area contributed by atoms with Crippen LogP contribution in [-0.2, 0) is 38.0 Å². The molecular formula is C55H84O15. The molecular weight excluding hydrogens is 901 g/mol. The predicted molar refractivity (Wildman–Crippen MR) is 270 cm³/mol. The number of hydrogen-bond donors (Lipinski definition) is 7. The number of unbranched alkanes of at least 4 members (excludes halogenated alkanes) is 2. The Morgan fingerprint density at radius 2 is 0.871 bits per heavy atom. The minimum Gasteiger partial charge on any atom is -0.462 e. The van der Waals surface area contributed by atoms with Crippen molar-refractivity contribution < 1.29 is 73.8 Å². The normalized spacial score (nSPS) is 26.4. The quantitative estimate of drug-likeness (QED) is 0.0192. The first kappa shape index (κ1) is 62.0. The minimum absolute atomic E-state index is 0.0750. The van der Waals surface area contributed by atoms with Crippen LogP contribution in [0.5, 0.6) is 0 Å². The van der Waals surface area contributed by atoms with Crippen LogP contribution in [0.1, 0.15) is 117 Å². The van der Waals surface area contributed by atoms with E-state index >= 15 is 0 Å². The molecule has 7 N–H and O–H groups in total. The molecule has 70 heavy (non-hydrogen) atoms. The van der Waals surface area contributed by atoms with Crippen LogP contribution >= 0.6 is 0 Å². The first-order valence-electron chi connectivity index (χ1n) is 25.1. The van der Waals surface area contributed by atoms with Crippen molar-refractivity contribution >= 4 is 11.9 Å². The summed E-state index contributed by atoms with van der Waals surface area (Å²) in [7, 11) is 0. The van der Waals surface area contributed by atoms with Crippen molar-refractivity contribution in [1.29, 1.82) is 0 Å². The van der Waals surface area contributed by atoms with Crippen LogP contribution in [0.15, 0.2) is 122 Å². The smallest absolute Gasteiger partial charge is 0.306 e. The number of aliphatic hydroxyl groups excluding tert-OH is 7. The van der Waals surface area contributed by atoms with E-state index in [4.69, 9.17) is 28.4 Å². The Morgan fingerprint density at radius 3 is 1.34 bits per heavy atom. The fraction of sp³-hybridized carbons (Fsp3) is 0.600. The molecule has 15 heteroatoms. The maximum absolute atomic E-state index is 13.0. The third kappa shape index (κ3) is 28.1. The summed E-state index contributed by atoms with van der Waals surface area (Å²) < 4.78 is 33.4. The van der Waals surface area contributed by atoms with E-state index in [2.05, 4.69) is 123 Å². The molecule has 15 nitrogen and oxygen atoms in total. The lowest BCUT2D eigenvalue weighted by atomic mass is 9.98. The van der Waals surface area contributed by atoms with E-state index in [1.54, 1.807) is 0 Å². The summed E-state index contributed by atoms with van der Waals surface area (Å²) in [6.45, 7) is 2.20. The van der Waals surface area contributed by atoms with Gasteiger partial charge in [-0.3, -0.25) is 9.59 Å². The molecule has 0 aromatic heterocycles. The largest absolute Gasteiger partial charge is 0.462 e. The number of esters is 2. The lowest BCUT2D eigenvalue weighted by molar-refractivity contribution is -0.332. The van der Waals surface area contributed by atoms with Gasteiger partial charge in [-0.1, -0.05) is 135 Å². The van der Waals surface area contributed by atoms with Crippen molar-refractivity contribution in [3.8, 4) is 0 Å². The molecule has 0 aromatic rings. The van der Waals surface area contributed by atoms with E-state index in [1.165, 1.54) is 0 Å². The van der Waals surface area contributed by atoms with Crippen molar-refractivity contribution in [3.63, 3.8) is 0 Å². The highest BCUT2D eigenvalue weighted by Gasteiger charge is 2.47. The molecule has 0 aromatic carbocycles. The van der Waals surface area contributed by atoms with Crippen molar-refractivity contribution in [1.82, 2.24) is 0 Å². The number of aliphatic hydroxyl groups is 7. The Bertz CT molecular complexity index is 1680. The molecule has 2 aliphatic rings. The molecule has 11 atom stereocenters. The number of ether oxygens (including phenoxy) is 6. The van der Waals surface area contributed by atoms with Crippen LogP contribution in [0, 0.1) is 0 Å². The van der Waals surface area contributed by atoms with Crippen LogP contribution < -0.4 is 0 Å². The molecule has 0 spiro atoms. The zero-order valence-corrected chi connectivity index (χ0v) is 41.4. The number of allylic oxidation sites excluding steroid dienone is 20. The molecule has 0 radical (unpaired) electrons. The third-order valence-electron chi connectivity index (χ3n) is 10.9. The maximum atomic E-state index is 13.0. The summed E-state index contributed by atoms with van der Waals surface area (Å²) in [5.41, 5.74) is 0. The Morgan fingerprint density at radius 1 is 0.457 bits per heavy atom. The van der Waals surface area contributed by atoms with Crippen LogP contribution in [0.2, 0.25) is 0 Å². The molecule has 2 saturated heterocycles. The number of hydrogen-bond acceptors (Lipinski definition) is 15. The topological polar surface area (TPSA) is 231 Å². The SMILES string of the molecule is CC/C=C/C/C=C/C/C=C/C/C=C/C/C=C/C/C=C/CCC(=O)OC[C@@H](CO[C@@H]1O[C@H](CO[C@@H]2O[C@H](CO)[C@H](O)C(O)C2O)[C@H](O)C(O)C1O)OC(=O)CCCC/C=C/C/C=C/C/C=C/C/C=C/CC. The van der Waals surface area contributed by atoms with E-state index in [9.17, 15) is 45.3 Å². The summed E-state index contributed by atoms with van der Waals surface area (Å²) in [6.07, 6.45) is 36.7. The van der Waals surface area contributed by atoms with Gasteiger partial charge in [0.2, 0.25) is 0 Å². The van der Waals surface area contributed by atoms with E-state index in [0.717, 1.165) is 70.6 Å². The highest BCUT2D eigenvalue weighted by Crippen LogP contribution is 2.26. The fourth-order valence-electron chi connectivity index (χ4n) is 6.88. The summed E-state index contributed by atoms with van der Waals surface area (Å²) in [4.78, 5) is 25.7. The Kier molecular flexibility index (Phi) is 35.9. The number of rotatable bonds is 36. The second-order valence-electron chi connectivity index (χ2n) is 16.9. The van der Waals surface area contributed by atoms with Crippen LogP contribution in [-0.4, -0.2) is 142 Å². The van der Waals surface area contributed by atoms with Gasteiger partial charge in [0.25, 0.3) is 0 Å². The van der Waals surface area contributed by atoms with Gasteiger partial charge in [0, 0.05) is 12.8 Å². The van der Waals surface area contributed by atoms with E-state index in [1.807, 2.05) is 12.2 Å². The lowest BCUT2D eigenvalue weighted by Gasteiger charge is -2.42. The summed E-state index contributed by atoms with van der Waals surface area (Å²) >= 11 is 0. The molecule has 2 fully saturated rings. The monoisotopic (exact) mass is 985 g/mol. The molecule has 0 aliphatic carbocycles. The molecule has 394 valence electrons. The molecule has 0 amide bonds. The van der Waals surface area contributed by atoms with Crippen molar-refractivity contribution in [2.45, 2.75) is 184 Å². The van der Waals surface area contributed by atoms with Crippen molar-refractivity contribution in [2.24, 2.45) is 0 Å². The van der Waals surface area contributed by atoms with E-state index in [0.29, 0.717) is 19.3 Å². The average Bonchev–Trinajstić information content (AvgIpc) is 3.35. The first-order chi connectivity index (χ1) is 34.0. The highest BCUT2D eigenvalue weighted by molar-refractivity contribution is 5.70. The lowest BCUT2D eigenvalue weighted by Crippen LogP contribution is -2.61. The molecule has 4 unspecified atom stereocenters. The van der Waals surface area contributed by atoms with Gasteiger partial charge < -0.3 is 64.2 Å². The van der Waals surface area contributed by atoms with Crippen LogP contribution in [0.25, 0.3) is 0 Å². The average molecular weight is 985 g/mol. The summed E-state index contributed by atoms with van der Waals surface area (Å²) in [5, 5.41) is 72.0. The number of carbonyl (C=O) groups is 2. The summed E-state index contributed by atoms with van der Waals surface area (Å²) in [5.74, 6) is -1.09. The van der Waals surface area contributed by atoms with Gasteiger partial charge >= 0.3 is 11.9 Å². The molecule has 2 heterocycles. The van der Waals surface area contributed by atoms with Gasteiger partial charge in [-0.15, -0.1) is 0 Å². The fourth-order valence-corrected chi connectivity index (χ4v) is 6.88. The Labute approximate surface area is 416 Å². The molecule has 0 bridgehead atoms. The third-order valence-corrected chi connectivity index (χ3v) is 10.9. The number of carbonyl (C=O) groups excluding carboxylic acids is 2. The highest BCUT2D eigenvalue weighted by atomic mass is 16.7. The van der Waals surface area contributed by atoms with Gasteiger partial charge in [-0.05, 0) is 89.9 Å². The Balaban J connectivity index is 1.87.